The van der Waals surface area contributed by atoms with E-state index < -0.39 is 0 Å². The maximum atomic E-state index is 12.7. The molecule has 1 saturated heterocycles. The predicted octanol–water partition coefficient (Wildman–Crippen LogP) is -0.686. The van der Waals surface area contributed by atoms with Crippen molar-refractivity contribution in [1.29, 1.82) is 0 Å². The standard InChI is InChI=1S/C21H27N3O2/c1-23-12-14-24(15-13-23)16-20(25)22-21(17-6-4-3-5-7-17)18-8-10-19(26-2)11-9-18/h3-11,21H,12-16H2,1-2H3,(H,22,25)/p+2/t21-/m1/s1. The third-order valence-electron chi connectivity index (χ3n) is 5.11. The van der Waals surface area contributed by atoms with E-state index in [1.807, 2.05) is 42.5 Å². The number of hydrogen-bond acceptors (Lipinski definition) is 2. The highest BCUT2D eigenvalue weighted by Crippen LogP contribution is 2.23. The van der Waals surface area contributed by atoms with Crippen molar-refractivity contribution in [2.45, 2.75) is 6.04 Å². The number of piperazine rings is 1. The number of quaternary nitrogens is 2. The monoisotopic (exact) mass is 355 g/mol. The van der Waals surface area contributed by atoms with Crippen LogP contribution in [0.4, 0.5) is 0 Å². The minimum absolute atomic E-state index is 0.101. The van der Waals surface area contributed by atoms with Gasteiger partial charge in [-0.15, -0.1) is 0 Å². The van der Waals surface area contributed by atoms with Gasteiger partial charge in [-0.25, -0.2) is 0 Å². The van der Waals surface area contributed by atoms with Gasteiger partial charge in [-0.05, 0) is 23.3 Å². The lowest BCUT2D eigenvalue weighted by Gasteiger charge is -2.27. The van der Waals surface area contributed by atoms with Crippen LogP contribution in [0.1, 0.15) is 17.2 Å². The first-order chi connectivity index (χ1) is 12.7. The van der Waals surface area contributed by atoms with Gasteiger partial charge in [0.2, 0.25) is 0 Å². The maximum absolute atomic E-state index is 12.7. The second kappa shape index (κ2) is 8.83. The molecule has 26 heavy (non-hydrogen) atoms. The first-order valence-corrected chi connectivity index (χ1v) is 9.29. The zero-order valence-electron chi connectivity index (χ0n) is 15.6. The number of amides is 1. The van der Waals surface area contributed by atoms with Gasteiger partial charge in [0, 0.05) is 0 Å². The van der Waals surface area contributed by atoms with Crippen molar-refractivity contribution in [3.63, 3.8) is 0 Å². The van der Waals surface area contributed by atoms with E-state index in [2.05, 4.69) is 24.5 Å². The van der Waals surface area contributed by atoms with Crippen molar-refractivity contribution < 1.29 is 19.3 Å². The number of likely N-dealkylation sites (N-methyl/N-ethyl adjacent to an activating group) is 1. The summed E-state index contributed by atoms with van der Waals surface area (Å²) in [6, 6.07) is 17.9. The lowest BCUT2D eigenvalue weighted by atomic mass is 9.98. The number of carbonyl (C=O) groups is 1. The Morgan fingerprint density at radius 2 is 1.62 bits per heavy atom. The molecule has 3 rings (SSSR count). The van der Waals surface area contributed by atoms with Crippen LogP contribution in [0.5, 0.6) is 5.75 Å². The van der Waals surface area contributed by atoms with Gasteiger partial charge in [-0.1, -0.05) is 42.5 Å². The number of hydrogen-bond donors (Lipinski definition) is 3. The van der Waals surface area contributed by atoms with E-state index in [0.29, 0.717) is 6.54 Å². The van der Waals surface area contributed by atoms with Gasteiger partial charge >= 0.3 is 0 Å². The average Bonchev–Trinajstić information content (AvgIpc) is 2.69. The molecule has 0 unspecified atom stereocenters. The lowest BCUT2D eigenvalue weighted by molar-refractivity contribution is -1.000. The SMILES string of the molecule is COc1ccc([C@H](NC(=O)C[NH+]2CC[NH+](C)CC2)c2ccccc2)cc1. The molecule has 0 aliphatic carbocycles. The van der Waals surface area contributed by atoms with Gasteiger partial charge in [0.15, 0.2) is 6.54 Å². The van der Waals surface area contributed by atoms with Crippen LogP contribution in [0.2, 0.25) is 0 Å². The fourth-order valence-corrected chi connectivity index (χ4v) is 3.45. The Morgan fingerprint density at radius 3 is 2.23 bits per heavy atom. The molecule has 3 N–H and O–H groups in total. The van der Waals surface area contributed by atoms with E-state index in [-0.39, 0.29) is 11.9 Å². The Morgan fingerprint density at radius 1 is 1.00 bits per heavy atom. The normalized spacial score (nSPS) is 21.0. The summed E-state index contributed by atoms with van der Waals surface area (Å²) in [6.07, 6.45) is 0. The molecule has 0 bridgehead atoms. The highest BCUT2D eigenvalue weighted by molar-refractivity contribution is 5.78. The summed E-state index contributed by atoms with van der Waals surface area (Å²) < 4.78 is 5.25. The number of ether oxygens (including phenoxy) is 1. The summed E-state index contributed by atoms with van der Waals surface area (Å²) in [4.78, 5) is 15.6. The van der Waals surface area contributed by atoms with Gasteiger partial charge in [-0.3, -0.25) is 4.79 Å². The number of carbonyl (C=O) groups excluding carboxylic acids is 1. The molecule has 1 aliphatic rings. The smallest absolute Gasteiger partial charge is 0.275 e. The fourth-order valence-electron chi connectivity index (χ4n) is 3.45. The molecule has 1 aliphatic heterocycles. The fraction of sp³-hybridized carbons (Fsp3) is 0.381. The Bertz CT molecular complexity index is 695. The minimum atomic E-state index is -0.146. The predicted molar refractivity (Wildman–Crippen MR) is 102 cm³/mol. The van der Waals surface area contributed by atoms with Crippen molar-refractivity contribution in [1.82, 2.24) is 5.32 Å². The molecule has 1 amide bonds. The highest BCUT2D eigenvalue weighted by atomic mass is 16.5. The van der Waals surface area contributed by atoms with Crippen molar-refractivity contribution in [3.8, 4) is 5.75 Å². The summed E-state index contributed by atoms with van der Waals surface area (Å²) in [7, 11) is 3.87. The summed E-state index contributed by atoms with van der Waals surface area (Å²) in [5.41, 5.74) is 2.15. The molecule has 1 fully saturated rings. The molecule has 0 spiro atoms. The van der Waals surface area contributed by atoms with E-state index in [4.69, 9.17) is 4.74 Å². The van der Waals surface area contributed by atoms with E-state index in [0.717, 1.165) is 43.1 Å². The number of rotatable bonds is 6. The van der Waals surface area contributed by atoms with Crippen LogP contribution in [0.3, 0.4) is 0 Å². The van der Waals surface area contributed by atoms with E-state index in [1.54, 1.807) is 12.0 Å². The summed E-state index contributed by atoms with van der Waals surface area (Å²) in [5.74, 6) is 0.917. The first kappa shape index (κ1) is 18.4. The lowest BCUT2D eigenvalue weighted by Crippen LogP contribution is -3.27. The summed E-state index contributed by atoms with van der Waals surface area (Å²) in [6.45, 7) is 4.90. The second-order valence-electron chi connectivity index (χ2n) is 7.07. The molecule has 0 aromatic heterocycles. The zero-order chi connectivity index (χ0) is 18.4. The molecule has 5 heteroatoms. The molecule has 2 aromatic carbocycles. The Labute approximate surface area is 155 Å². The second-order valence-corrected chi connectivity index (χ2v) is 7.07. The van der Waals surface area contributed by atoms with Crippen LogP contribution in [0.15, 0.2) is 54.6 Å². The largest absolute Gasteiger partial charge is 0.497 e. The molecular weight excluding hydrogens is 326 g/mol. The van der Waals surface area contributed by atoms with Gasteiger partial charge < -0.3 is 19.9 Å². The van der Waals surface area contributed by atoms with E-state index >= 15 is 0 Å². The van der Waals surface area contributed by atoms with Crippen molar-refractivity contribution >= 4 is 5.91 Å². The van der Waals surface area contributed by atoms with Crippen LogP contribution in [-0.4, -0.2) is 52.8 Å². The molecular formula is C21H29N3O2+2. The van der Waals surface area contributed by atoms with Gasteiger partial charge in [0.1, 0.15) is 31.9 Å². The molecule has 138 valence electrons. The topological polar surface area (TPSA) is 47.2 Å². The van der Waals surface area contributed by atoms with Crippen LogP contribution in [0.25, 0.3) is 0 Å². The zero-order valence-corrected chi connectivity index (χ0v) is 15.6. The van der Waals surface area contributed by atoms with Crippen molar-refractivity contribution in [3.05, 3.63) is 65.7 Å². The molecule has 0 saturated carbocycles. The molecule has 5 nitrogen and oxygen atoms in total. The molecule has 1 heterocycles. The highest BCUT2D eigenvalue weighted by Gasteiger charge is 2.24. The maximum Gasteiger partial charge on any atom is 0.275 e. The van der Waals surface area contributed by atoms with E-state index in [1.165, 1.54) is 4.90 Å². The van der Waals surface area contributed by atoms with Crippen LogP contribution in [-0.2, 0) is 4.79 Å². The van der Waals surface area contributed by atoms with Crippen LogP contribution < -0.4 is 19.9 Å². The minimum Gasteiger partial charge on any atom is -0.497 e. The van der Waals surface area contributed by atoms with Crippen molar-refractivity contribution in [2.75, 3.05) is 46.9 Å². The summed E-state index contributed by atoms with van der Waals surface area (Å²) in [5, 5.41) is 3.24. The van der Waals surface area contributed by atoms with E-state index in [9.17, 15) is 4.79 Å². The average molecular weight is 355 g/mol. The van der Waals surface area contributed by atoms with Gasteiger partial charge in [0.25, 0.3) is 5.91 Å². The summed E-state index contributed by atoms with van der Waals surface area (Å²) >= 11 is 0. The third kappa shape index (κ3) is 4.84. The molecule has 1 atom stereocenters. The Balaban J connectivity index is 1.72. The number of benzene rings is 2. The Kier molecular flexibility index (Phi) is 6.26. The van der Waals surface area contributed by atoms with Gasteiger partial charge in [-0.2, -0.15) is 0 Å². The Hall–Kier alpha value is -2.37. The first-order valence-electron chi connectivity index (χ1n) is 9.29. The molecule has 0 radical (unpaired) electrons. The third-order valence-corrected chi connectivity index (χ3v) is 5.11. The quantitative estimate of drug-likeness (QED) is 0.643. The van der Waals surface area contributed by atoms with Crippen LogP contribution >= 0.6 is 0 Å². The van der Waals surface area contributed by atoms with Crippen LogP contribution in [0, 0.1) is 0 Å². The molecule has 2 aromatic rings. The number of nitrogens with one attached hydrogen (secondary N) is 3. The van der Waals surface area contributed by atoms with Crippen molar-refractivity contribution in [2.24, 2.45) is 0 Å². The van der Waals surface area contributed by atoms with Gasteiger partial charge in [0.05, 0.1) is 20.2 Å². The number of methoxy groups -OCH3 is 1.